The summed E-state index contributed by atoms with van der Waals surface area (Å²) >= 11 is 0. The first kappa shape index (κ1) is 34.8. The maximum atomic E-state index is 6.80. The van der Waals surface area contributed by atoms with E-state index in [1.54, 1.807) is 0 Å². The van der Waals surface area contributed by atoms with E-state index in [9.17, 15) is 0 Å². The van der Waals surface area contributed by atoms with Crippen molar-refractivity contribution in [3.8, 4) is 33.4 Å². The van der Waals surface area contributed by atoms with Crippen molar-refractivity contribution in [1.29, 1.82) is 0 Å². The van der Waals surface area contributed by atoms with Gasteiger partial charge in [-0.25, -0.2) is 0 Å². The highest BCUT2D eigenvalue weighted by molar-refractivity contribution is 6.14. The van der Waals surface area contributed by atoms with Crippen molar-refractivity contribution >= 4 is 61.9 Å². The Bertz CT molecular complexity index is 3230. The molecule has 274 valence electrons. The molecule has 0 spiro atoms. The fourth-order valence-corrected chi connectivity index (χ4v) is 8.21. The Balaban J connectivity index is 1.16. The van der Waals surface area contributed by atoms with Gasteiger partial charge < -0.3 is 9.32 Å². The second kappa shape index (κ2) is 15.1. The Kier molecular flexibility index (Phi) is 9.06. The Morgan fingerprint density at radius 1 is 0.431 bits per heavy atom. The lowest BCUT2D eigenvalue weighted by atomic mass is 9.96. The highest BCUT2D eigenvalue weighted by atomic mass is 16.3. The summed E-state index contributed by atoms with van der Waals surface area (Å²) in [5.74, 6) is 0. The first-order valence-corrected chi connectivity index (χ1v) is 19.7. The van der Waals surface area contributed by atoms with Gasteiger partial charge in [-0.2, -0.15) is 0 Å². The Morgan fingerprint density at radius 2 is 1.02 bits per heavy atom. The molecule has 0 aliphatic carbocycles. The monoisotopic (exact) mass is 741 g/mol. The largest absolute Gasteiger partial charge is 0.455 e. The van der Waals surface area contributed by atoms with E-state index in [-0.39, 0.29) is 0 Å². The van der Waals surface area contributed by atoms with Crippen molar-refractivity contribution in [2.45, 2.75) is 0 Å². The molecule has 9 aromatic carbocycles. The maximum absolute atomic E-state index is 6.80. The number of furan rings is 1. The van der Waals surface area contributed by atoms with Crippen LogP contribution in [0, 0.1) is 0 Å². The van der Waals surface area contributed by atoms with E-state index in [1.165, 1.54) is 21.9 Å². The summed E-state index contributed by atoms with van der Waals surface area (Å²) in [7, 11) is 0. The molecule has 10 rings (SSSR count). The van der Waals surface area contributed by atoms with Gasteiger partial charge in [0.2, 0.25) is 0 Å². The molecule has 2 nitrogen and oxygen atoms in total. The van der Waals surface area contributed by atoms with Gasteiger partial charge in [-0.15, -0.1) is 0 Å². The molecular formula is C56H39NO. The minimum atomic E-state index is 0.880. The predicted octanol–water partition coefficient (Wildman–Crippen LogP) is 14.0. The zero-order valence-corrected chi connectivity index (χ0v) is 31.9. The number of hydrogen-bond acceptors (Lipinski definition) is 2. The number of anilines is 3. The zero-order valence-electron chi connectivity index (χ0n) is 31.9. The molecule has 0 unspecified atom stereocenters. The molecule has 0 saturated carbocycles. The van der Waals surface area contributed by atoms with E-state index in [2.05, 4.69) is 224 Å². The Labute approximate surface area is 338 Å². The second-order valence-electron chi connectivity index (χ2n) is 14.6. The molecule has 58 heavy (non-hydrogen) atoms. The summed E-state index contributed by atoms with van der Waals surface area (Å²) in [4.78, 5) is 2.40. The van der Waals surface area contributed by atoms with Gasteiger partial charge in [0.1, 0.15) is 11.2 Å². The summed E-state index contributed by atoms with van der Waals surface area (Å²) < 4.78 is 6.80. The third kappa shape index (κ3) is 6.47. The number of fused-ring (bicyclic) bond motifs is 4. The average molecular weight is 742 g/mol. The number of nitrogens with zero attached hydrogens (tertiary/aromatic N) is 1. The van der Waals surface area contributed by atoms with Gasteiger partial charge in [-0.1, -0.05) is 189 Å². The third-order valence-electron chi connectivity index (χ3n) is 11.0. The van der Waals surface area contributed by atoms with Gasteiger partial charge in [0.15, 0.2) is 0 Å². The Morgan fingerprint density at radius 3 is 1.78 bits per heavy atom. The molecule has 0 aliphatic rings. The number of para-hydroxylation sites is 3. The molecule has 10 aromatic rings. The van der Waals surface area contributed by atoms with E-state index >= 15 is 0 Å². The number of rotatable bonds is 8. The fraction of sp³-hybridized carbons (Fsp3) is 0. The average Bonchev–Trinajstić information content (AvgIpc) is 3.65. The normalized spacial score (nSPS) is 12.1. The van der Waals surface area contributed by atoms with E-state index < -0.39 is 0 Å². The minimum absolute atomic E-state index is 0.880. The summed E-state index contributed by atoms with van der Waals surface area (Å²) in [5, 5.41) is 6.87. The summed E-state index contributed by atoms with van der Waals surface area (Å²) in [6.45, 7) is 3.93. The van der Waals surface area contributed by atoms with Gasteiger partial charge in [-0.3, -0.25) is 0 Å². The summed E-state index contributed by atoms with van der Waals surface area (Å²) in [5.41, 5.74) is 12.9. The van der Waals surface area contributed by atoms with Gasteiger partial charge in [0, 0.05) is 33.2 Å². The molecule has 0 saturated heterocycles. The van der Waals surface area contributed by atoms with Crippen LogP contribution in [0.15, 0.2) is 223 Å². The van der Waals surface area contributed by atoms with Crippen molar-refractivity contribution in [3.63, 3.8) is 0 Å². The van der Waals surface area contributed by atoms with Gasteiger partial charge in [0.25, 0.3) is 0 Å². The number of hydrogen-bond donors (Lipinski definition) is 0. The summed E-state index contributed by atoms with van der Waals surface area (Å²) in [6, 6.07) is 73.5. The summed E-state index contributed by atoms with van der Waals surface area (Å²) in [6.07, 6.45) is 6.12. The lowest BCUT2D eigenvalue weighted by Gasteiger charge is -2.30. The van der Waals surface area contributed by atoms with Crippen LogP contribution in [0.4, 0.5) is 17.1 Å². The second-order valence-corrected chi connectivity index (χ2v) is 14.6. The van der Waals surface area contributed by atoms with Crippen molar-refractivity contribution in [2.24, 2.45) is 0 Å². The number of allylic oxidation sites excluding steroid dienone is 1. The van der Waals surface area contributed by atoms with Crippen LogP contribution in [0.2, 0.25) is 0 Å². The van der Waals surface area contributed by atoms with Crippen LogP contribution in [0.3, 0.4) is 0 Å². The molecule has 0 N–H and O–H groups in total. The van der Waals surface area contributed by atoms with E-state index in [0.29, 0.717) is 0 Å². The fourth-order valence-electron chi connectivity index (χ4n) is 8.21. The van der Waals surface area contributed by atoms with E-state index in [0.717, 1.165) is 77.3 Å². The molecule has 0 amide bonds. The molecule has 2 heteroatoms. The molecule has 0 atom stereocenters. The third-order valence-corrected chi connectivity index (χ3v) is 11.0. The quantitative estimate of drug-likeness (QED) is 0.154. The number of benzene rings is 9. The SMILES string of the molecule is C=C/C=c1/cccc/c1=C\c1ccc(N(c2ccccc2-c2ccc(-c3ccccc3)cc2)c2ccccc2-c2cccc3c2oc2cc4ccccc4cc23)cc1. The lowest BCUT2D eigenvalue weighted by Crippen LogP contribution is -2.23. The van der Waals surface area contributed by atoms with Crippen molar-refractivity contribution < 1.29 is 4.42 Å². The van der Waals surface area contributed by atoms with Crippen LogP contribution < -0.4 is 15.3 Å². The first-order valence-electron chi connectivity index (χ1n) is 19.7. The van der Waals surface area contributed by atoms with Crippen molar-refractivity contribution in [2.75, 3.05) is 4.90 Å². The standard InChI is InChI=1S/C56H39NO/c1-2-15-40-18-6-7-19-44(40)36-39-28-34-47(35-29-39)57(53-26-12-10-22-48(53)43-32-30-42(31-33-43)41-16-4-3-5-17-41)54-27-13-11-23-49(54)50-24-14-25-51-52-37-45-20-8-9-21-46(45)38-55(52)58-56(50)51/h2-38H,1H2/b40-15-,44-36+. The van der Waals surface area contributed by atoms with Gasteiger partial charge >= 0.3 is 0 Å². The molecule has 0 radical (unpaired) electrons. The molecule has 1 heterocycles. The molecule has 0 fully saturated rings. The smallest absolute Gasteiger partial charge is 0.143 e. The minimum Gasteiger partial charge on any atom is -0.455 e. The first-order chi connectivity index (χ1) is 28.7. The van der Waals surface area contributed by atoms with Crippen LogP contribution >= 0.6 is 0 Å². The van der Waals surface area contributed by atoms with Gasteiger partial charge in [-0.05, 0) is 85.9 Å². The van der Waals surface area contributed by atoms with Crippen LogP contribution in [-0.2, 0) is 0 Å². The molecule has 1 aromatic heterocycles. The topological polar surface area (TPSA) is 16.4 Å². The highest BCUT2D eigenvalue weighted by Crippen LogP contribution is 2.47. The predicted molar refractivity (Wildman–Crippen MR) is 246 cm³/mol. The van der Waals surface area contributed by atoms with E-state index in [1.807, 2.05) is 12.2 Å². The molecular weight excluding hydrogens is 703 g/mol. The lowest BCUT2D eigenvalue weighted by molar-refractivity contribution is 0.670. The molecule has 0 bridgehead atoms. The highest BCUT2D eigenvalue weighted by Gasteiger charge is 2.22. The van der Waals surface area contributed by atoms with E-state index in [4.69, 9.17) is 4.42 Å². The molecule has 0 aliphatic heterocycles. The van der Waals surface area contributed by atoms with Crippen molar-refractivity contribution in [3.05, 3.63) is 235 Å². The van der Waals surface area contributed by atoms with Crippen LogP contribution in [0.25, 0.3) is 78.2 Å². The van der Waals surface area contributed by atoms with Crippen molar-refractivity contribution in [1.82, 2.24) is 0 Å². The maximum Gasteiger partial charge on any atom is 0.143 e. The van der Waals surface area contributed by atoms with Crippen LogP contribution in [-0.4, -0.2) is 0 Å². The van der Waals surface area contributed by atoms with Crippen LogP contribution in [0.1, 0.15) is 5.56 Å². The van der Waals surface area contributed by atoms with Crippen LogP contribution in [0.5, 0.6) is 0 Å². The van der Waals surface area contributed by atoms with Gasteiger partial charge in [0.05, 0.1) is 11.4 Å². The Hall–Kier alpha value is -7.68. The zero-order chi connectivity index (χ0) is 38.8.